The van der Waals surface area contributed by atoms with Gasteiger partial charge in [-0.2, -0.15) is 0 Å². The Morgan fingerprint density at radius 3 is 2.76 bits per heavy atom. The molecule has 0 unspecified atom stereocenters. The highest BCUT2D eigenvalue weighted by Crippen LogP contribution is 2.33. The molecule has 29 heavy (non-hydrogen) atoms. The van der Waals surface area contributed by atoms with Gasteiger partial charge in [-0.05, 0) is 42.3 Å². The minimum Gasteiger partial charge on any atom is -0.312 e. The van der Waals surface area contributed by atoms with E-state index in [-0.39, 0.29) is 11.5 Å². The number of halogens is 2. The average Bonchev–Trinajstić information content (AvgIpc) is 3.35. The molecule has 2 heterocycles. The zero-order valence-corrected chi connectivity index (χ0v) is 16.4. The molecule has 0 spiro atoms. The van der Waals surface area contributed by atoms with Gasteiger partial charge in [-0.15, -0.1) is 11.3 Å². The van der Waals surface area contributed by atoms with Crippen LogP contribution in [-0.4, -0.2) is 23.3 Å². The zero-order chi connectivity index (χ0) is 20.5. The maximum absolute atomic E-state index is 13.3. The van der Waals surface area contributed by atoms with Gasteiger partial charge in [0.1, 0.15) is 0 Å². The van der Waals surface area contributed by atoms with Crippen LogP contribution in [0, 0.1) is 11.6 Å². The van der Waals surface area contributed by atoms with Crippen molar-refractivity contribution in [2.75, 3.05) is 16.8 Å². The Morgan fingerprint density at radius 1 is 1.17 bits per heavy atom. The van der Waals surface area contributed by atoms with Crippen LogP contribution in [0.25, 0.3) is 11.3 Å². The number of hydrogen-bond acceptors (Lipinski definition) is 4. The molecule has 148 valence electrons. The van der Waals surface area contributed by atoms with Crippen molar-refractivity contribution in [3.8, 4) is 11.3 Å². The Hall–Kier alpha value is -3.13. The number of nitrogens with one attached hydrogen (secondary N) is 1. The van der Waals surface area contributed by atoms with E-state index in [4.69, 9.17) is 0 Å². The smallest absolute Gasteiger partial charge is 0.257 e. The third kappa shape index (κ3) is 3.75. The molecule has 1 N–H and O–H groups in total. The summed E-state index contributed by atoms with van der Waals surface area (Å²) < 4.78 is 26.3. The number of fused-ring (bicyclic) bond motifs is 1. The summed E-state index contributed by atoms with van der Waals surface area (Å²) in [6, 6.07) is 8.80. The topological polar surface area (TPSA) is 62.3 Å². The van der Waals surface area contributed by atoms with Crippen LogP contribution in [0.5, 0.6) is 0 Å². The highest BCUT2D eigenvalue weighted by Gasteiger charge is 2.24. The molecule has 1 aromatic heterocycles. The number of benzene rings is 2. The van der Waals surface area contributed by atoms with Gasteiger partial charge in [0.25, 0.3) is 5.91 Å². The Bertz CT molecular complexity index is 1110. The first kappa shape index (κ1) is 19.2. The van der Waals surface area contributed by atoms with Crippen LogP contribution < -0.4 is 10.2 Å². The van der Waals surface area contributed by atoms with Gasteiger partial charge in [0, 0.05) is 35.2 Å². The van der Waals surface area contributed by atoms with Crippen molar-refractivity contribution in [1.82, 2.24) is 4.98 Å². The van der Waals surface area contributed by atoms with Gasteiger partial charge in [-0.25, -0.2) is 13.8 Å². The second kappa shape index (κ2) is 7.71. The molecule has 8 heteroatoms. The predicted molar refractivity (Wildman–Crippen MR) is 108 cm³/mol. The van der Waals surface area contributed by atoms with E-state index in [0.717, 1.165) is 35.4 Å². The fraction of sp³-hybridized carbons (Fsp3) is 0.190. The van der Waals surface area contributed by atoms with E-state index >= 15 is 0 Å². The van der Waals surface area contributed by atoms with Crippen molar-refractivity contribution in [3.05, 3.63) is 64.5 Å². The van der Waals surface area contributed by atoms with Gasteiger partial charge in [0.2, 0.25) is 5.91 Å². The number of carbonyl (C=O) groups excluding carboxylic acids is 2. The summed E-state index contributed by atoms with van der Waals surface area (Å²) in [7, 11) is 0. The van der Waals surface area contributed by atoms with E-state index in [2.05, 4.69) is 10.3 Å². The number of carbonyl (C=O) groups is 2. The Kier molecular flexibility index (Phi) is 5.10. The average molecular weight is 413 g/mol. The van der Waals surface area contributed by atoms with Crippen LogP contribution in [-0.2, 0) is 11.2 Å². The molecule has 0 atom stereocenters. The predicted octanol–water partition coefficient (Wildman–Crippen LogP) is 4.64. The number of thiazole rings is 1. The third-order valence-electron chi connectivity index (χ3n) is 4.78. The maximum atomic E-state index is 13.3. The summed E-state index contributed by atoms with van der Waals surface area (Å²) in [6.07, 6.45) is 1.26. The highest BCUT2D eigenvalue weighted by molar-refractivity contribution is 7.14. The molecular weight excluding hydrogens is 396 g/mol. The first-order chi connectivity index (χ1) is 14.0. The van der Waals surface area contributed by atoms with E-state index in [1.807, 2.05) is 30.5 Å². The number of rotatable bonds is 4. The van der Waals surface area contributed by atoms with Crippen molar-refractivity contribution in [3.63, 3.8) is 0 Å². The van der Waals surface area contributed by atoms with Gasteiger partial charge >= 0.3 is 0 Å². The molecule has 1 aliphatic rings. The van der Waals surface area contributed by atoms with Gasteiger partial charge < -0.3 is 4.90 Å². The van der Waals surface area contributed by atoms with Crippen LogP contribution in [0.15, 0.2) is 41.8 Å². The molecule has 2 aromatic carbocycles. The minimum atomic E-state index is -1.08. The van der Waals surface area contributed by atoms with Crippen molar-refractivity contribution in [1.29, 1.82) is 0 Å². The second-order valence-corrected chi connectivity index (χ2v) is 7.47. The van der Waals surface area contributed by atoms with Crippen LogP contribution in [0.4, 0.5) is 19.6 Å². The number of aromatic nitrogens is 1. The van der Waals surface area contributed by atoms with Crippen molar-refractivity contribution < 1.29 is 18.4 Å². The molecule has 1 aliphatic heterocycles. The maximum Gasteiger partial charge on any atom is 0.257 e. The monoisotopic (exact) mass is 413 g/mol. The zero-order valence-electron chi connectivity index (χ0n) is 15.5. The van der Waals surface area contributed by atoms with Crippen LogP contribution >= 0.6 is 11.3 Å². The molecule has 0 bridgehead atoms. The normalized spacial score (nSPS) is 12.7. The van der Waals surface area contributed by atoms with E-state index < -0.39 is 17.5 Å². The summed E-state index contributed by atoms with van der Waals surface area (Å²) in [5.74, 6) is -2.54. The summed E-state index contributed by atoms with van der Waals surface area (Å²) in [4.78, 5) is 30.5. The summed E-state index contributed by atoms with van der Waals surface area (Å²) in [6.45, 7) is 2.53. The highest BCUT2D eigenvalue weighted by atomic mass is 32.1. The summed E-state index contributed by atoms with van der Waals surface area (Å²) in [5.41, 5.74) is 3.61. The van der Waals surface area contributed by atoms with Gasteiger partial charge in [-0.3, -0.25) is 14.9 Å². The van der Waals surface area contributed by atoms with Crippen LogP contribution in [0.1, 0.15) is 29.3 Å². The quantitative estimate of drug-likeness (QED) is 0.678. The lowest BCUT2D eigenvalue weighted by Gasteiger charge is -2.16. The van der Waals surface area contributed by atoms with Gasteiger partial charge in [0.15, 0.2) is 16.8 Å². The van der Waals surface area contributed by atoms with Crippen molar-refractivity contribution in [2.24, 2.45) is 0 Å². The Labute approximate surface area is 170 Å². The molecule has 0 saturated heterocycles. The second-order valence-electron chi connectivity index (χ2n) is 6.61. The van der Waals surface area contributed by atoms with Crippen molar-refractivity contribution >= 4 is 34.0 Å². The molecule has 2 amide bonds. The minimum absolute atomic E-state index is 0.0128. The number of nitrogens with zero attached hydrogens (tertiary/aromatic N) is 2. The molecule has 0 aliphatic carbocycles. The lowest BCUT2D eigenvalue weighted by atomic mass is 10.1. The lowest BCUT2D eigenvalue weighted by Crippen LogP contribution is -2.27. The standard InChI is InChI=1S/C21H17F2N3O2S/c1-2-19(27)26-8-7-13-9-12(4-6-18(13)26)17-11-29-21(24-17)25-20(28)14-3-5-15(22)16(23)10-14/h3-6,9-11H,2,7-8H2,1H3,(H,24,25,28). The summed E-state index contributed by atoms with van der Waals surface area (Å²) in [5, 5.41) is 4.77. The number of hydrogen-bond donors (Lipinski definition) is 1. The molecule has 0 fully saturated rings. The Morgan fingerprint density at radius 2 is 2.00 bits per heavy atom. The fourth-order valence-electron chi connectivity index (χ4n) is 3.28. The molecule has 5 nitrogen and oxygen atoms in total. The molecule has 0 radical (unpaired) electrons. The molecule has 0 saturated carbocycles. The SMILES string of the molecule is CCC(=O)N1CCc2cc(-c3csc(NC(=O)c4ccc(F)c(F)c4)n3)ccc21. The van der Waals surface area contributed by atoms with Crippen LogP contribution in [0.3, 0.4) is 0 Å². The van der Waals surface area contributed by atoms with E-state index in [1.165, 1.54) is 17.4 Å². The van der Waals surface area contributed by atoms with E-state index in [1.54, 1.807) is 4.90 Å². The van der Waals surface area contributed by atoms with Crippen molar-refractivity contribution in [2.45, 2.75) is 19.8 Å². The van der Waals surface area contributed by atoms with E-state index in [0.29, 0.717) is 23.8 Å². The first-order valence-corrected chi connectivity index (χ1v) is 10.00. The number of amides is 2. The van der Waals surface area contributed by atoms with Gasteiger partial charge in [-0.1, -0.05) is 13.0 Å². The molecule has 3 aromatic rings. The van der Waals surface area contributed by atoms with E-state index in [9.17, 15) is 18.4 Å². The summed E-state index contributed by atoms with van der Waals surface area (Å²) >= 11 is 1.24. The molecule has 4 rings (SSSR count). The van der Waals surface area contributed by atoms with Crippen LogP contribution in [0.2, 0.25) is 0 Å². The van der Waals surface area contributed by atoms with Gasteiger partial charge in [0.05, 0.1) is 5.69 Å². The first-order valence-electron chi connectivity index (χ1n) is 9.12. The fourth-order valence-corrected chi connectivity index (χ4v) is 4.00. The largest absolute Gasteiger partial charge is 0.312 e. The third-order valence-corrected chi connectivity index (χ3v) is 5.54. The molecular formula is C21H17F2N3O2S. The number of anilines is 2. The Balaban J connectivity index is 1.51. The lowest BCUT2D eigenvalue weighted by molar-refractivity contribution is -0.118.